The minimum atomic E-state index is -3.30. The number of hydrogen-bond acceptors (Lipinski definition) is 2. The standard InChI is InChI=1S/C10H7ClF4O2/c1-4(16)6-2-5(11)3-7(9(12)13)8(6)17-10(14)15/h2-3,9-10H,1H3. The Labute approximate surface area is 99.1 Å². The van der Waals surface area contributed by atoms with E-state index in [9.17, 15) is 22.4 Å². The highest BCUT2D eigenvalue weighted by molar-refractivity contribution is 6.31. The van der Waals surface area contributed by atoms with Crippen molar-refractivity contribution in [3.8, 4) is 5.75 Å². The molecule has 0 fully saturated rings. The molecule has 2 nitrogen and oxygen atoms in total. The third kappa shape index (κ3) is 3.33. The quantitative estimate of drug-likeness (QED) is 0.609. The second-order valence-electron chi connectivity index (χ2n) is 3.11. The summed E-state index contributed by atoms with van der Waals surface area (Å²) in [7, 11) is 0. The summed E-state index contributed by atoms with van der Waals surface area (Å²) in [6, 6.07) is 1.80. The smallest absolute Gasteiger partial charge is 0.387 e. The summed E-state index contributed by atoms with van der Waals surface area (Å²) >= 11 is 5.52. The van der Waals surface area contributed by atoms with Gasteiger partial charge >= 0.3 is 6.61 Å². The van der Waals surface area contributed by atoms with E-state index in [4.69, 9.17) is 11.6 Å². The summed E-state index contributed by atoms with van der Waals surface area (Å²) in [5.74, 6) is -1.52. The fraction of sp³-hybridized carbons (Fsp3) is 0.300. The number of hydrogen-bond donors (Lipinski definition) is 0. The molecule has 0 aliphatic carbocycles. The van der Waals surface area contributed by atoms with E-state index in [1.807, 2.05) is 0 Å². The fourth-order valence-corrected chi connectivity index (χ4v) is 1.49. The maximum absolute atomic E-state index is 12.6. The first-order valence-electron chi connectivity index (χ1n) is 4.40. The van der Waals surface area contributed by atoms with Gasteiger partial charge in [-0.15, -0.1) is 0 Å². The SMILES string of the molecule is CC(=O)c1cc(Cl)cc(C(F)F)c1OC(F)F. The molecule has 0 aromatic heterocycles. The first kappa shape index (κ1) is 13.8. The van der Waals surface area contributed by atoms with Gasteiger partial charge in [-0.2, -0.15) is 8.78 Å². The molecular weight excluding hydrogens is 264 g/mol. The van der Waals surface area contributed by atoms with Gasteiger partial charge in [0.15, 0.2) is 5.78 Å². The van der Waals surface area contributed by atoms with Crippen LogP contribution in [0.25, 0.3) is 0 Å². The Morgan fingerprint density at radius 1 is 1.29 bits per heavy atom. The van der Waals surface area contributed by atoms with Gasteiger partial charge in [0, 0.05) is 5.02 Å². The maximum Gasteiger partial charge on any atom is 0.387 e. The number of carbonyl (C=O) groups is 1. The second kappa shape index (κ2) is 5.35. The van der Waals surface area contributed by atoms with Crippen molar-refractivity contribution in [2.24, 2.45) is 0 Å². The number of rotatable bonds is 4. The van der Waals surface area contributed by atoms with Gasteiger partial charge in [-0.05, 0) is 19.1 Å². The Morgan fingerprint density at radius 2 is 1.88 bits per heavy atom. The van der Waals surface area contributed by atoms with Crippen molar-refractivity contribution >= 4 is 17.4 Å². The second-order valence-corrected chi connectivity index (χ2v) is 3.54. The molecule has 17 heavy (non-hydrogen) atoms. The zero-order valence-corrected chi connectivity index (χ0v) is 9.27. The minimum absolute atomic E-state index is 0.146. The predicted octanol–water partition coefficient (Wildman–Crippen LogP) is 4.08. The van der Waals surface area contributed by atoms with E-state index in [1.165, 1.54) is 0 Å². The summed E-state index contributed by atoms with van der Waals surface area (Å²) in [6.45, 7) is -2.26. The molecule has 0 aliphatic heterocycles. The lowest BCUT2D eigenvalue weighted by Crippen LogP contribution is -2.09. The molecule has 0 unspecified atom stereocenters. The monoisotopic (exact) mass is 270 g/mol. The molecule has 0 radical (unpaired) electrons. The van der Waals surface area contributed by atoms with Gasteiger partial charge < -0.3 is 4.74 Å². The summed E-state index contributed by atoms with van der Waals surface area (Å²) in [6.07, 6.45) is -3.07. The van der Waals surface area contributed by atoms with Crippen molar-refractivity contribution in [3.63, 3.8) is 0 Å². The molecule has 1 aromatic rings. The number of Topliss-reactive ketones (excluding diaryl/α,β-unsaturated/α-hetero) is 1. The third-order valence-corrected chi connectivity index (χ3v) is 2.12. The zero-order valence-electron chi connectivity index (χ0n) is 8.52. The molecule has 0 amide bonds. The molecule has 0 spiro atoms. The average molecular weight is 271 g/mol. The first-order chi connectivity index (χ1) is 7.82. The van der Waals surface area contributed by atoms with Crippen LogP contribution in [0.2, 0.25) is 5.02 Å². The van der Waals surface area contributed by atoms with Crippen LogP contribution in [0.15, 0.2) is 12.1 Å². The fourth-order valence-electron chi connectivity index (χ4n) is 1.26. The molecule has 0 saturated heterocycles. The summed E-state index contributed by atoms with van der Waals surface area (Å²) in [5.41, 5.74) is -1.23. The van der Waals surface area contributed by atoms with Gasteiger partial charge in [-0.25, -0.2) is 8.78 Å². The van der Waals surface area contributed by atoms with Crippen molar-refractivity contribution in [3.05, 3.63) is 28.3 Å². The van der Waals surface area contributed by atoms with Crippen LogP contribution in [-0.2, 0) is 0 Å². The molecular formula is C10H7ClF4O2. The highest BCUT2D eigenvalue weighted by Crippen LogP contribution is 2.36. The van der Waals surface area contributed by atoms with Crippen LogP contribution in [-0.4, -0.2) is 12.4 Å². The van der Waals surface area contributed by atoms with Crippen LogP contribution in [0.4, 0.5) is 17.6 Å². The van der Waals surface area contributed by atoms with Crippen LogP contribution >= 0.6 is 11.6 Å². The van der Waals surface area contributed by atoms with Crippen molar-refractivity contribution in [2.45, 2.75) is 20.0 Å². The molecule has 0 aliphatic rings. The van der Waals surface area contributed by atoms with Gasteiger partial charge in [-0.3, -0.25) is 4.79 Å². The highest BCUT2D eigenvalue weighted by atomic mass is 35.5. The maximum atomic E-state index is 12.6. The Balaban J connectivity index is 3.41. The molecule has 0 saturated carbocycles. The third-order valence-electron chi connectivity index (χ3n) is 1.90. The van der Waals surface area contributed by atoms with Crippen LogP contribution in [0.5, 0.6) is 5.75 Å². The number of ketones is 1. The molecule has 1 rings (SSSR count). The number of alkyl halides is 4. The Bertz CT molecular complexity index is 435. The van der Waals surface area contributed by atoms with Crippen LogP contribution in [0.3, 0.4) is 0 Å². The van der Waals surface area contributed by atoms with E-state index < -0.39 is 35.7 Å². The topological polar surface area (TPSA) is 26.3 Å². The molecule has 1 aromatic carbocycles. The normalized spacial score (nSPS) is 11.1. The van der Waals surface area contributed by atoms with Crippen molar-refractivity contribution in [1.82, 2.24) is 0 Å². The van der Waals surface area contributed by atoms with Crippen LogP contribution in [0.1, 0.15) is 29.3 Å². The van der Waals surface area contributed by atoms with E-state index in [2.05, 4.69) is 4.74 Å². The Hall–Kier alpha value is -1.30. The molecule has 0 bridgehead atoms. The minimum Gasteiger partial charge on any atom is -0.434 e. The Morgan fingerprint density at radius 3 is 2.29 bits per heavy atom. The zero-order chi connectivity index (χ0) is 13.2. The van der Waals surface area contributed by atoms with E-state index in [1.54, 1.807) is 0 Å². The van der Waals surface area contributed by atoms with Gasteiger partial charge in [-0.1, -0.05) is 11.6 Å². The van der Waals surface area contributed by atoms with E-state index >= 15 is 0 Å². The molecule has 7 heteroatoms. The van der Waals surface area contributed by atoms with Gasteiger partial charge in [0.2, 0.25) is 0 Å². The van der Waals surface area contributed by atoms with Gasteiger partial charge in [0.1, 0.15) is 5.75 Å². The van der Waals surface area contributed by atoms with Crippen molar-refractivity contribution < 1.29 is 27.1 Å². The highest BCUT2D eigenvalue weighted by Gasteiger charge is 2.23. The summed E-state index contributed by atoms with van der Waals surface area (Å²) in [5, 5.41) is -0.146. The first-order valence-corrected chi connectivity index (χ1v) is 4.78. The number of carbonyl (C=O) groups excluding carboxylic acids is 1. The lowest BCUT2D eigenvalue weighted by molar-refractivity contribution is -0.0522. The van der Waals surface area contributed by atoms with Crippen LogP contribution < -0.4 is 4.74 Å². The summed E-state index contributed by atoms with van der Waals surface area (Å²) < 4.78 is 53.4. The van der Waals surface area contributed by atoms with E-state index in [-0.39, 0.29) is 5.02 Å². The Kier molecular flexibility index (Phi) is 4.34. The summed E-state index contributed by atoms with van der Waals surface area (Å²) in [4.78, 5) is 11.1. The number of ether oxygens (including phenoxy) is 1. The molecule has 0 heterocycles. The van der Waals surface area contributed by atoms with Gasteiger partial charge in [0.05, 0.1) is 11.1 Å². The van der Waals surface area contributed by atoms with E-state index in [0.29, 0.717) is 0 Å². The van der Waals surface area contributed by atoms with Crippen LogP contribution in [0, 0.1) is 0 Å². The molecule has 0 atom stereocenters. The number of benzene rings is 1. The van der Waals surface area contributed by atoms with Crippen molar-refractivity contribution in [1.29, 1.82) is 0 Å². The molecule has 0 N–H and O–H groups in total. The number of halogens is 5. The van der Waals surface area contributed by atoms with Crippen molar-refractivity contribution in [2.75, 3.05) is 0 Å². The lowest BCUT2D eigenvalue weighted by Gasteiger charge is -2.14. The van der Waals surface area contributed by atoms with E-state index in [0.717, 1.165) is 19.1 Å². The van der Waals surface area contributed by atoms with Gasteiger partial charge in [0.25, 0.3) is 6.43 Å². The predicted molar refractivity (Wildman–Crippen MR) is 53.0 cm³/mol. The molecule has 94 valence electrons. The lowest BCUT2D eigenvalue weighted by atomic mass is 10.1. The largest absolute Gasteiger partial charge is 0.434 e. The average Bonchev–Trinajstić information content (AvgIpc) is 2.18.